The molecule has 5 atom stereocenters. The Labute approximate surface area is 132 Å². The summed E-state index contributed by atoms with van der Waals surface area (Å²) in [4.78, 5) is 11.4. The average Bonchev–Trinajstić information content (AvgIpc) is 2.99. The molecule has 1 aromatic carbocycles. The lowest BCUT2D eigenvalue weighted by Crippen LogP contribution is -2.18. The van der Waals surface area contributed by atoms with E-state index in [0.717, 1.165) is 32.1 Å². The second-order valence-electron chi connectivity index (χ2n) is 7.03. The molecule has 4 unspecified atom stereocenters. The first-order valence-corrected chi connectivity index (χ1v) is 8.55. The van der Waals surface area contributed by atoms with E-state index >= 15 is 0 Å². The van der Waals surface area contributed by atoms with Crippen molar-refractivity contribution in [2.45, 2.75) is 57.7 Å². The van der Waals surface area contributed by atoms with E-state index in [1.165, 1.54) is 5.56 Å². The van der Waals surface area contributed by atoms with E-state index in [1.807, 2.05) is 18.2 Å². The lowest BCUT2D eigenvalue weighted by Gasteiger charge is -2.21. The number of fused-ring (bicyclic) bond motifs is 1. The first-order valence-electron chi connectivity index (χ1n) is 8.55. The number of ether oxygens (including phenoxy) is 1. The Kier molecular flexibility index (Phi) is 4.82. The summed E-state index contributed by atoms with van der Waals surface area (Å²) < 4.78 is 5.40. The molecule has 3 nitrogen and oxygen atoms in total. The highest BCUT2D eigenvalue weighted by Gasteiger charge is 2.47. The van der Waals surface area contributed by atoms with Crippen molar-refractivity contribution in [3.8, 4) is 0 Å². The summed E-state index contributed by atoms with van der Waals surface area (Å²) in [5.74, 6) is 1.49. The van der Waals surface area contributed by atoms with Crippen molar-refractivity contribution in [2.75, 3.05) is 0 Å². The summed E-state index contributed by atoms with van der Waals surface area (Å²) in [5, 5.41) is 10.3. The van der Waals surface area contributed by atoms with E-state index in [9.17, 15) is 9.90 Å². The quantitative estimate of drug-likeness (QED) is 0.820. The zero-order valence-electron chi connectivity index (χ0n) is 13.3. The van der Waals surface area contributed by atoms with Crippen LogP contribution >= 0.6 is 0 Å². The fraction of sp³-hybridized carbons (Fsp3) is 0.632. The fourth-order valence-corrected chi connectivity index (χ4v) is 4.25. The summed E-state index contributed by atoms with van der Waals surface area (Å²) in [7, 11) is 0. The molecule has 0 aromatic heterocycles. The maximum absolute atomic E-state index is 11.4. The average molecular weight is 302 g/mol. The number of aryl methyl sites for hydroxylation is 1. The van der Waals surface area contributed by atoms with Crippen LogP contribution in [0.25, 0.3) is 0 Å². The molecule has 1 aliphatic carbocycles. The van der Waals surface area contributed by atoms with E-state index in [1.54, 1.807) is 0 Å². The number of rotatable bonds is 6. The van der Waals surface area contributed by atoms with Crippen molar-refractivity contribution in [1.29, 1.82) is 0 Å². The monoisotopic (exact) mass is 302 g/mol. The molecule has 0 amide bonds. The molecule has 1 aromatic rings. The molecular weight excluding hydrogens is 276 g/mol. The second kappa shape index (κ2) is 6.82. The molecule has 1 aliphatic heterocycles. The van der Waals surface area contributed by atoms with E-state index in [0.29, 0.717) is 24.2 Å². The van der Waals surface area contributed by atoms with Crippen LogP contribution in [0.1, 0.15) is 44.6 Å². The minimum atomic E-state index is -0.246. The fourth-order valence-electron chi connectivity index (χ4n) is 4.25. The van der Waals surface area contributed by atoms with E-state index in [-0.39, 0.29) is 18.2 Å². The first-order chi connectivity index (χ1) is 10.6. The molecule has 2 aliphatic rings. The maximum Gasteiger partial charge on any atom is 0.306 e. The van der Waals surface area contributed by atoms with Crippen molar-refractivity contribution in [3.05, 3.63) is 35.9 Å². The molecule has 120 valence electrons. The predicted octanol–water partition coefficient (Wildman–Crippen LogP) is 3.35. The van der Waals surface area contributed by atoms with Gasteiger partial charge in [0.05, 0.1) is 12.5 Å². The topological polar surface area (TPSA) is 46.5 Å². The third-order valence-electron chi connectivity index (χ3n) is 5.49. The number of hydrogen-bond acceptors (Lipinski definition) is 3. The van der Waals surface area contributed by atoms with Crippen LogP contribution in [0.3, 0.4) is 0 Å². The number of hydrogen-bond donors (Lipinski definition) is 1. The van der Waals surface area contributed by atoms with Crippen molar-refractivity contribution in [2.24, 2.45) is 17.8 Å². The number of carbonyl (C=O) groups excluding carboxylic acids is 1. The van der Waals surface area contributed by atoms with Crippen molar-refractivity contribution >= 4 is 5.97 Å². The van der Waals surface area contributed by atoms with Crippen LogP contribution in [0.2, 0.25) is 0 Å². The summed E-state index contributed by atoms with van der Waals surface area (Å²) in [5.41, 5.74) is 1.28. The number of aliphatic hydroxyl groups excluding tert-OH is 1. The van der Waals surface area contributed by atoms with E-state index in [4.69, 9.17) is 4.74 Å². The van der Waals surface area contributed by atoms with Gasteiger partial charge in [0.2, 0.25) is 0 Å². The molecule has 1 saturated heterocycles. The molecule has 1 heterocycles. The predicted molar refractivity (Wildman–Crippen MR) is 85.3 cm³/mol. The summed E-state index contributed by atoms with van der Waals surface area (Å²) in [6.07, 6.45) is 5.07. The zero-order chi connectivity index (χ0) is 15.5. The minimum Gasteiger partial charge on any atom is -0.462 e. The van der Waals surface area contributed by atoms with Gasteiger partial charge in [0.25, 0.3) is 0 Å². The highest BCUT2D eigenvalue weighted by atomic mass is 16.6. The van der Waals surface area contributed by atoms with Gasteiger partial charge in [-0.3, -0.25) is 4.79 Å². The number of aliphatic hydroxyl groups is 1. The van der Waals surface area contributed by atoms with Crippen molar-refractivity contribution in [3.63, 3.8) is 0 Å². The normalized spacial score (nSPS) is 31.8. The van der Waals surface area contributed by atoms with Crippen LogP contribution in [-0.4, -0.2) is 23.3 Å². The highest BCUT2D eigenvalue weighted by Crippen LogP contribution is 2.46. The Balaban J connectivity index is 1.44. The molecule has 0 radical (unpaired) electrons. The summed E-state index contributed by atoms with van der Waals surface area (Å²) in [6, 6.07) is 10.3. The Morgan fingerprint density at radius 3 is 2.82 bits per heavy atom. The molecule has 3 heteroatoms. The maximum atomic E-state index is 11.4. The molecule has 22 heavy (non-hydrogen) atoms. The van der Waals surface area contributed by atoms with Crippen LogP contribution in [0.4, 0.5) is 0 Å². The number of esters is 1. The smallest absolute Gasteiger partial charge is 0.306 e. The van der Waals surface area contributed by atoms with Gasteiger partial charge in [-0.15, -0.1) is 0 Å². The van der Waals surface area contributed by atoms with Crippen LogP contribution in [0, 0.1) is 17.8 Å². The van der Waals surface area contributed by atoms with Crippen molar-refractivity contribution < 1.29 is 14.6 Å². The third kappa shape index (κ3) is 3.52. The molecule has 3 rings (SSSR count). The lowest BCUT2D eigenvalue weighted by molar-refractivity contribution is -0.141. The van der Waals surface area contributed by atoms with Gasteiger partial charge in [-0.25, -0.2) is 0 Å². The summed E-state index contributed by atoms with van der Waals surface area (Å²) >= 11 is 0. The standard InChI is InChI=1S/C19H26O3/c1-13-11-18-17(12-19(21)22-18)16(13)10-9-15(20)8-7-14-5-3-2-4-6-14/h2-6,13,15-18,20H,7-12H2,1H3/t13?,15?,16-,17?,18?/m0/s1. The zero-order valence-corrected chi connectivity index (χ0v) is 13.3. The van der Waals surface area contributed by atoms with Crippen LogP contribution in [0.5, 0.6) is 0 Å². The Hall–Kier alpha value is -1.35. The van der Waals surface area contributed by atoms with Crippen LogP contribution < -0.4 is 0 Å². The van der Waals surface area contributed by atoms with Gasteiger partial charge in [0, 0.05) is 5.92 Å². The first kappa shape index (κ1) is 15.5. The van der Waals surface area contributed by atoms with Gasteiger partial charge >= 0.3 is 5.97 Å². The molecule has 1 saturated carbocycles. The Bertz CT molecular complexity index is 499. The van der Waals surface area contributed by atoms with Crippen LogP contribution in [0.15, 0.2) is 30.3 Å². The SMILES string of the molecule is CC1CC2OC(=O)CC2[C@H]1CCC(O)CCc1ccccc1. The van der Waals surface area contributed by atoms with Crippen molar-refractivity contribution in [1.82, 2.24) is 0 Å². The molecule has 0 spiro atoms. The molecule has 1 N–H and O–H groups in total. The number of carbonyl (C=O) groups is 1. The van der Waals surface area contributed by atoms with Gasteiger partial charge < -0.3 is 9.84 Å². The van der Waals surface area contributed by atoms with Gasteiger partial charge in [-0.1, -0.05) is 37.3 Å². The summed E-state index contributed by atoms with van der Waals surface area (Å²) in [6.45, 7) is 2.26. The highest BCUT2D eigenvalue weighted by molar-refractivity contribution is 5.72. The molecule has 0 bridgehead atoms. The van der Waals surface area contributed by atoms with Gasteiger partial charge in [-0.05, 0) is 49.5 Å². The van der Waals surface area contributed by atoms with E-state index < -0.39 is 0 Å². The lowest BCUT2D eigenvalue weighted by atomic mass is 9.84. The largest absolute Gasteiger partial charge is 0.462 e. The number of benzene rings is 1. The van der Waals surface area contributed by atoms with Gasteiger partial charge in [0.15, 0.2) is 0 Å². The van der Waals surface area contributed by atoms with Gasteiger partial charge in [0.1, 0.15) is 6.10 Å². The molecular formula is C19H26O3. The van der Waals surface area contributed by atoms with Crippen LogP contribution in [-0.2, 0) is 16.0 Å². The second-order valence-corrected chi connectivity index (χ2v) is 7.03. The third-order valence-corrected chi connectivity index (χ3v) is 5.49. The van der Waals surface area contributed by atoms with Gasteiger partial charge in [-0.2, -0.15) is 0 Å². The van der Waals surface area contributed by atoms with E-state index in [2.05, 4.69) is 19.1 Å². The Morgan fingerprint density at radius 2 is 2.05 bits per heavy atom. The molecule has 2 fully saturated rings. The minimum absolute atomic E-state index is 0.0310. The Morgan fingerprint density at radius 1 is 1.27 bits per heavy atom.